The molecule has 24 heavy (non-hydrogen) atoms. The second-order valence-electron chi connectivity index (χ2n) is 5.81. The molecule has 0 aliphatic heterocycles. The quantitative estimate of drug-likeness (QED) is 0.387. The first-order valence-electron chi connectivity index (χ1n) is 8.17. The molecule has 124 valence electrons. The van der Waals surface area contributed by atoms with E-state index >= 15 is 0 Å². The van der Waals surface area contributed by atoms with Crippen molar-refractivity contribution in [3.05, 3.63) is 91.0 Å². The first kappa shape index (κ1) is 17.6. The van der Waals surface area contributed by atoms with E-state index in [2.05, 4.69) is 120 Å². The molecule has 0 N–H and O–H groups in total. The van der Waals surface area contributed by atoms with Gasteiger partial charge in [-0.3, -0.25) is 0 Å². The van der Waals surface area contributed by atoms with Gasteiger partial charge in [-0.1, -0.05) is 0 Å². The van der Waals surface area contributed by atoms with Gasteiger partial charge in [0.05, 0.1) is 0 Å². The molecule has 0 bridgehead atoms. The average Bonchev–Trinajstić information content (AvgIpc) is 2.68. The van der Waals surface area contributed by atoms with Crippen molar-refractivity contribution >= 4 is 42.2 Å². The third kappa shape index (κ3) is 2.92. The predicted octanol–water partition coefficient (Wildman–Crippen LogP) is 4.86. The van der Waals surface area contributed by atoms with Crippen molar-refractivity contribution in [1.29, 1.82) is 0 Å². The van der Waals surface area contributed by atoms with Crippen molar-refractivity contribution in [1.82, 2.24) is 0 Å². The standard InChI is InChI=1S/C21H22IOP/c1-2-23-18-24(22,19-12-6-3-7-13-19,20-14-8-4-9-15-20)21-16-10-5-11-17-21/h3-17H,2,18H2,1H3. The van der Waals surface area contributed by atoms with E-state index in [9.17, 15) is 0 Å². The normalized spacial score (nSPS) is 13.2. The SMILES string of the molecule is CCOCP(I)(c1ccccc1)(c1ccccc1)c1ccccc1. The molecule has 0 unspecified atom stereocenters. The molecule has 0 aromatic heterocycles. The van der Waals surface area contributed by atoms with Crippen LogP contribution in [0.25, 0.3) is 0 Å². The summed E-state index contributed by atoms with van der Waals surface area (Å²) in [6.45, 7) is 2.78. The van der Waals surface area contributed by atoms with Crippen LogP contribution in [0.15, 0.2) is 91.0 Å². The molecule has 3 heteroatoms. The molecule has 0 spiro atoms. The molecule has 3 aromatic rings. The van der Waals surface area contributed by atoms with Crippen LogP contribution < -0.4 is 15.9 Å². The van der Waals surface area contributed by atoms with Crippen molar-refractivity contribution in [3.63, 3.8) is 0 Å². The van der Waals surface area contributed by atoms with Gasteiger partial charge in [-0.05, 0) is 0 Å². The molecule has 0 amide bonds. The molecule has 0 fully saturated rings. The molecule has 3 aromatic carbocycles. The topological polar surface area (TPSA) is 9.23 Å². The van der Waals surface area contributed by atoms with E-state index < -0.39 is 4.25 Å². The summed E-state index contributed by atoms with van der Waals surface area (Å²) in [5, 5.41) is 4.07. The number of halogens is 1. The molecular formula is C21H22IOP. The van der Waals surface area contributed by atoms with Crippen LogP contribution >= 0.6 is 26.3 Å². The van der Waals surface area contributed by atoms with Gasteiger partial charge in [0.1, 0.15) is 0 Å². The van der Waals surface area contributed by atoms with Gasteiger partial charge in [-0.25, -0.2) is 0 Å². The maximum atomic E-state index is 6.12. The van der Waals surface area contributed by atoms with Gasteiger partial charge in [-0.2, -0.15) is 0 Å². The van der Waals surface area contributed by atoms with Crippen LogP contribution in [-0.2, 0) is 4.74 Å². The zero-order valence-corrected chi connectivity index (χ0v) is 16.9. The summed E-state index contributed by atoms with van der Waals surface area (Å²) < 4.78 is 3.41. The third-order valence-electron chi connectivity index (χ3n) is 4.42. The fourth-order valence-corrected chi connectivity index (χ4v) is 10.9. The van der Waals surface area contributed by atoms with Gasteiger partial charge in [0.25, 0.3) is 0 Å². The summed E-state index contributed by atoms with van der Waals surface area (Å²) >= 11 is 2.73. The Kier molecular flexibility index (Phi) is 5.39. The molecule has 0 aliphatic carbocycles. The Balaban J connectivity index is 2.37. The molecular weight excluding hydrogens is 426 g/mol. The molecule has 1 nitrogen and oxygen atoms in total. The van der Waals surface area contributed by atoms with E-state index in [0.717, 1.165) is 0 Å². The van der Waals surface area contributed by atoms with E-state index in [1.807, 2.05) is 0 Å². The van der Waals surface area contributed by atoms with Crippen LogP contribution in [0.4, 0.5) is 0 Å². The summed E-state index contributed by atoms with van der Waals surface area (Å²) in [6, 6.07) is 32.6. The molecule has 0 heterocycles. The van der Waals surface area contributed by atoms with Crippen LogP contribution in [0.3, 0.4) is 0 Å². The van der Waals surface area contributed by atoms with Gasteiger partial charge in [0.2, 0.25) is 0 Å². The summed E-state index contributed by atoms with van der Waals surface area (Å²) in [5.41, 5.74) is 0. The minimum absolute atomic E-state index is 0.709. The monoisotopic (exact) mass is 448 g/mol. The zero-order valence-electron chi connectivity index (χ0n) is 13.8. The van der Waals surface area contributed by atoms with Crippen LogP contribution in [0.1, 0.15) is 6.92 Å². The second kappa shape index (κ2) is 7.35. The van der Waals surface area contributed by atoms with E-state index in [0.29, 0.717) is 13.0 Å². The van der Waals surface area contributed by atoms with Gasteiger partial charge >= 0.3 is 158 Å². The summed E-state index contributed by atoms with van der Waals surface area (Å²) in [5.74, 6) is 0. The Morgan fingerprint density at radius 1 is 0.667 bits per heavy atom. The number of ether oxygens (including phenoxy) is 1. The summed E-state index contributed by atoms with van der Waals surface area (Å²) in [4.78, 5) is 0. The number of rotatable bonds is 6. The van der Waals surface area contributed by atoms with Crippen molar-refractivity contribution in [2.24, 2.45) is 0 Å². The van der Waals surface area contributed by atoms with E-state index in [-0.39, 0.29) is 0 Å². The average molecular weight is 448 g/mol. The first-order valence-corrected chi connectivity index (χ1v) is 13.4. The molecule has 0 aliphatic rings. The number of hydrogen-bond acceptors (Lipinski definition) is 1. The van der Waals surface area contributed by atoms with Crippen molar-refractivity contribution in [2.45, 2.75) is 6.92 Å². The van der Waals surface area contributed by atoms with Crippen molar-refractivity contribution < 1.29 is 4.74 Å². The Labute approximate surface area is 157 Å². The van der Waals surface area contributed by atoms with Gasteiger partial charge in [-0.15, -0.1) is 0 Å². The molecule has 0 radical (unpaired) electrons. The van der Waals surface area contributed by atoms with Crippen LogP contribution in [-0.4, -0.2) is 13.0 Å². The molecule has 0 saturated heterocycles. The van der Waals surface area contributed by atoms with E-state index in [1.165, 1.54) is 15.9 Å². The van der Waals surface area contributed by atoms with Gasteiger partial charge in [0, 0.05) is 0 Å². The number of hydrogen-bond donors (Lipinski definition) is 0. The summed E-state index contributed by atoms with van der Waals surface area (Å²) in [6.07, 6.45) is 0.709. The molecule has 3 rings (SSSR count). The maximum absolute atomic E-state index is 6.12. The van der Waals surface area contributed by atoms with Crippen LogP contribution in [0, 0.1) is 0 Å². The second-order valence-corrected chi connectivity index (χ2v) is 16.4. The Morgan fingerprint density at radius 2 is 1.00 bits per heavy atom. The Bertz CT molecular complexity index is 675. The fourth-order valence-electron chi connectivity index (χ4n) is 3.15. The Hall–Kier alpha value is -1.22. The van der Waals surface area contributed by atoms with Gasteiger partial charge in [0.15, 0.2) is 0 Å². The van der Waals surface area contributed by atoms with Crippen molar-refractivity contribution in [2.75, 3.05) is 13.0 Å². The summed E-state index contributed by atoms with van der Waals surface area (Å²) in [7, 11) is 0. The third-order valence-corrected chi connectivity index (χ3v) is 15.1. The van der Waals surface area contributed by atoms with Gasteiger partial charge < -0.3 is 0 Å². The van der Waals surface area contributed by atoms with E-state index in [1.54, 1.807) is 0 Å². The first-order chi connectivity index (χ1) is 11.7. The molecule has 0 atom stereocenters. The van der Waals surface area contributed by atoms with E-state index in [4.69, 9.17) is 4.74 Å². The van der Waals surface area contributed by atoms with Crippen LogP contribution in [0.2, 0.25) is 0 Å². The Morgan fingerprint density at radius 3 is 1.29 bits per heavy atom. The van der Waals surface area contributed by atoms with Crippen LogP contribution in [0.5, 0.6) is 0 Å². The fraction of sp³-hybridized carbons (Fsp3) is 0.143. The predicted molar refractivity (Wildman–Crippen MR) is 116 cm³/mol. The number of benzene rings is 3. The van der Waals surface area contributed by atoms with Crippen molar-refractivity contribution in [3.8, 4) is 0 Å². The molecule has 0 saturated carbocycles. The zero-order chi connectivity index (χ0) is 16.9. The minimum atomic E-state index is -2.70.